The number of aromatic nitrogens is 2. The van der Waals surface area contributed by atoms with E-state index in [1.54, 1.807) is 6.33 Å². The summed E-state index contributed by atoms with van der Waals surface area (Å²) in [6.45, 7) is 3.17. The summed E-state index contributed by atoms with van der Waals surface area (Å²) in [5, 5.41) is 3.88. The van der Waals surface area contributed by atoms with Crippen LogP contribution < -0.4 is 10.2 Å². The minimum absolute atomic E-state index is 0.666. The van der Waals surface area contributed by atoms with Crippen LogP contribution in [0.3, 0.4) is 0 Å². The van der Waals surface area contributed by atoms with Gasteiger partial charge in [-0.1, -0.05) is 23.7 Å². The molecule has 0 spiro atoms. The zero-order valence-corrected chi connectivity index (χ0v) is 11.7. The highest BCUT2D eigenvalue weighted by molar-refractivity contribution is 6.33. The van der Waals surface area contributed by atoms with E-state index in [2.05, 4.69) is 20.2 Å². The van der Waals surface area contributed by atoms with Crippen LogP contribution in [0.15, 0.2) is 36.7 Å². The average molecular weight is 291 g/mol. The fourth-order valence-electron chi connectivity index (χ4n) is 2.08. The van der Waals surface area contributed by atoms with Gasteiger partial charge >= 0.3 is 0 Å². The Kier molecular flexibility index (Phi) is 3.99. The number of rotatable bonds is 3. The Balaban J connectivity index is 1.79. The van der Waals surface area contributed by atoms with Crippen molar-refractivity contribution >= 4 is 28.9 Å². The van der Waals surface area contributed by atoms with Crippen molar-refractivity contribution in [2.45, 2.75) is 0 Å². The van der Waals surface area contributed by atoms with Crippen molar-refractivity contribution in [2.24, 2.45) is 0 Å². The van der Waals surface area contributed by atoms with Crippen molar-refractivity contribution in [3.8, 4) is 0 Å². The Morgan fingerprint density at radius 2 is 1.95 bits per heavy atom. The number of morpholine rings is 1. The first kappa shape index (κ1) is 13.1. The van der Waals surface area contributed by atoms with Crippen LogP contribution in [0, 0.1) is 0 Å². The molecule has 1 fully saturated rings. The van der Waals surface area contributed by atoms with Crippen LogP contribution in [0.4, 0.5) is 17.3 Å². The summed E-state index contributed by atoms with van der Waals surface area (Å²) in [4.78, 5) is 10.7. The molecule has 104 valence electrons. The van der Waals surface area contributed by atoms with Crippen molar-refractivity contribution in [3.63, 3.8) is 0 Å². The van der Waals surface area contributed by atoms with E-state index in [0.717, 1.165) is 43.6 Å². The molecule has 1 saturated heterocycles. The third-order valence-electron chi connectivity index (χ3n) is 3.12. The third kappa shape index (κ3) is 3.00. The fraction of sp³-hybridized carbons (Fsp3) is 0.286. The van der Waals surface area contributed by atoms with E-state index in [4.69, 9.17) is 16.3 Å². The monoisotopic (exact) mass is 290 g/mol. The van der Waals surface area contributed by atoms with Gasteiger partial charge in [0.2, 0.25) is 0 Å². The maximum atomic E-state index is 6.13. The lowest BCUT2D eigenvalue weighted by molar-refractivity contribution is 0.122. The molecule has 2 aromatic rings. The Morgan fingerprint density at radius 3 is 2.75 bits per heavy atom. The second-order valence-electron chi connectivity index (χ2n) is 4.47. The highest BCUT2D eigenvalue weighted by Crippen LogP contribution is 2.25. The molecule has 5 nitrogen and oxygen atoms in total. The van der Waals surface area contributed by atoms with E-state index >= 15 is 0 Å². The van der Waals surface area contributed by atoms with Crippen molar-refractivity contribution in [2.75, 3.05) is 36.5 Å². The van der Waals surface area contributed by atoms with E-state index in [1.165, 1.54) is 0 Å². The molecule has 1 aromatic heterocycles. The van der Waals surface area contributed by atoms with Gasteiger partial charge in [0.05, 0.1) is 23.9 Å². The molecule has 1 aliphatic heterocycles. The summed E-state index contributed by atoms with van der Waals surface area (Å²) in [7, 11) is 0. The summed E-state index contributed by atoms with van der Waals surface area (Å²) in [6, 6.07) is 9.51. The van der Waals surface area contributed by atoms with Crippen LogP contribution >= 0.6 is 11.6 Å². The van der Waals surface area contributed by atoms with E-state index in [1.807, 2.05) is 30.3 Å². The number of para-hydroxylation sites is 1. The van der Waals surface area contributed by atoms with Gasteiger partial charge in [-0.05, 0) is 12.1 Å². The molecular formula is C14H15ClN4O. The highest BCUT2D eigenvalue weighted by atomic mass is 35.5. The Morgan fingerprint density at radius 1 is 1.15 bits per heavy atom. The van der Waals surface area contributed by atoms with Gasteiger partial charge in [-0.2, -0.15) is 0 Å². The van der Waals surface area contributed by atoms with Gasteiger partial charge in [0, 0.05) is 19.2 Å². The molecule has 3 rings (SSSR count). The van der Waals surface area contributed by atoms with Crippen LogP contribution in [0.25, 0.3) is 0 Å². The van der Waals surface area contributed by atoms with Gasteiger partial charge in [0.15, 0.2) is 0 Å². The average Bonchev–Trinajstić information content (AvgIpc) is 2.51. The maximum absolute atomic E-state index is 6.13. The summed E-state index contributed by atoms with van der Waals surface area (Å²) in [6.07, 6.45) is 1.56. The summed E-state index contributed by atoms with van der Waals surface area (Å²) in [5.74, 6) is 1.63. The molecule has 0 aliphatic carbocycles. The Hall–Kier alpha value is -1.85. The van der Waals surface area contributed by atoms with Crippen LogP contribution in [0.2, 0.25) is 5.02 Å². The number of halogens is 1. The largest absolute Gasteiger partial charge is 0.378 e. The first-order valence-corrected chi connectivity index (χ1v) is 6.87. The standard InChI is InChI=1S/C14H15ClN4O/c15-11-3-1-2-4-12(11)18-13-9-14(17-10-16-13)19-5-7-20-8-6-19/h1-4,9-10H,5-8H2,(H,16,17,18). The molecule has 1 aromatic carbocycles. The van der Waals surface area contributed by atoms with Gasteiger partial charge in [0.25, 0.3) is 0 Å². The van der Waals surface area contributed by atoms with E-state index in [0.29, 0.717) is 5.02 Å². The maximum Gasteiger partial charge on any atom is 0.135 e. The molecule has 6 heteroatoms. The van der Waals surface area contributed by atoms with Gasteiger partial charge in [-0.3, -0.25) is 0 Å². The minimum Gasteiger partial charge on any atom is -0.378 e. The lowest BCUT2D eigenvalue weighted by atomic mass is 10.3. The Bertz CT molecular complexity index is 587. The number of hydrogen-bond acceptors (Lipinski definition) is 5. The number of ether oxygens (including phenoxy) is 1. The lowest BCUT2D eigenvalue weighted by Crippen LogP contribution is -2.36. The third-order valence-corrected chi connectivity index (χ3v) is 3.45. The number of nitrogens with one attached hydrogen (secondary N) is 1. The molecule has 0 amide bonds. The zero-order chi connectivity index (χ0) is 13.8. The molecule has 1 aliphatic rings. The van der Waals surface area contributed by atoms with E-state index in [9.17, 15) is 0 Å². The first-order valence-electron chi connectivity index (χ1n) is 6.49. The predicted octanol–water partition coefficient (Wildman–Crippen LogP) is 2.71. The minimum atomic E-state index is 0.666. The molecule has 1 N–H and O–H groups in total. The number of benzene rings is 1. The number of nitrogens with zero attached hydrogens (tertiary/aromatic N) is 3. The van der Waals surface area contributed by atoms with Crippen LogP contribution in [0.5, 0.6) is 0 Å². The summed E-state index contributed by atoms with van der Waals surface area (Å²) >= 11 is 6.13. The van der Waals surface area contributed by atoms with Crippen molar-refractivity contribution < 1.29 is 4.74 Å². The smallest absolute Gasteiger partial charge is 0.135 e. The normalized spacial score (nSPS) is 15.2. The molecule has 20 heavy (non-hydrogen) atoms. The second kappa shape index (κ2) is 6.07. The van der Waals surface area contributed by atoms with Crippen LogP contribution in [0.1, 0.15) is 0 Å². The molecular weight excluding hydrogens is 276 g/mol. The zero-order valence-electron chi connectivity index (χ0n) is 10.9. The van der Waals surface area contributed by atoms with Gasteiger partial charge in [-0.15, -0.1) is 0 Å². The molecule has 0 saturated carbocycles. The van der Waals surface area contributed by atoms with Crippen LogP contribution in [-0.2, 0) is 4.74 Å². The number of anilines is 3. The van der Waals surface area contributed by atoms with Crippen molar-refractivity contribution in [1.82, 2.24) is 9.97 Å². The van der Waals surface area contributed by atoms with E-state index in [-0.39, 0.29) is 0 Å². The second-order valence-corrected chi connectivity index (χ2v) is 4.87. The SMILES string of the molecule is Clc1ccccc1Nc1cc(N2CCOCC2)ncn1. The van der Waals surface area contributed by atoms with Gasteiger partial charge in [-0.25, -0.2) is 9.97 Å². The van der Waals surface area contributed by atoms with E-state index < -0.39 is 0 Å². The quantitative estimate of drug-likeness (QED) is 0.942. The molecule has 0 unspecified atom stereocenters. The first-order chi connectivity index (χ1) is 9.83. The molecule has 2 heterocycles. The predicted molar refractivity (Wildman–Crippen MR) is 79.8 cm³/mol. The highest BCUT2D eigenvalue weighted by Gasteiger charge is 2.13. The van der Waals surface area contributed by atoms with Crippen LogP contribution in [-0.4, -0.2) is 36.3 Å². The van der Waals surface area contributed by atoms with Crippen molar-refractivity contribution in [3.05, 3.63) is 41.7 Å². The molecule has 0 bridgehead atoms. The van der Waals surface area contributed by atoms with Gasteiger partial charge in [0.1, 0.15) is 18.0 Å². The lowest BCUT2D eigenvalue weighted by Gasteiger charge is -2.27. The summed E-state index contributed by atoms with van der Waals surface area (Å²) in [5.41, 5.74) is 0.834. The fourth-order valence-corrected chi connectivity index (χ4v) is 2.26. The topological polar surface area (TPSA) is 50.3 Å². The molecule has 0 atom stereocenters. The van der Waals surface area contributed by atoms with Crippen molar-refractivity contribution in [1.29, 1.82) is 0 Å². The Labute approximate surface area is 122 Å². The molecule has 0 radical (unpaired) electrons. The number of hydrogen-bond donors (Lipinski definition) is 1. The summed E-state index contributed by atoms with van der Waals surface area (Å²) < 4.78 is 5.34. The van der Waals surface area contributed by atoms with Gasteiger partial charge < -0.3 is 15.0 Å².